The average Bonchev–Trinajstić information content (AvgIpc) is 3.06. The van der Waals surface area contributed by atoms with Crippen LogP contribution in [0.5, 0.6) is 0 Å². The molecule has 1 aliphatic heterocycles. The Hall–Kier alpha value is -3.39. The fraction of sp³-hybridized carbons (Fsp3) is 0.143. The van der Waals surface area contributed by atoms with Crippen molar-refractivity contribution in [3.8, 4) is 0 Å². The van der Waals surface area contributed by atoms with Gasteiger partial charge in [-0.25, -0.2) is 4.79 Å². The fourth-order valence-corrected chi connectivity index (χ4v) is 3.97. The number of hydrogen-bond donors (Lipinski definition) is 3. The highest BCUT2D eigenvalue weighted by Crippen LogP contribution is 2.34. The number of aromatic nitrogens is 2. The number of nitrogens with zero attached hydrogens (tertiary/aromatic N) is 2. The number of urea groups is 1. The lowest BCUT2D eigenvalue weighted by atomic mass is 10.1. The number of amides is 3. The SMILES string of the molecule is Cc1cc(CNc2ccc(Sc3ccncc3C3NC(=O)NC3=O)cc2)ccn1. The normalized spacial score (nSPS) is 15.7. The zero-order valence-corrected chi connectivity index (χ0v) is 16.5. The van der Waals surface area contributed by atoms with E-state index in [0.29, 0.717) is 5.56 Å². The number of imide groups is 1. The van der Waals surface area contributed by atoms with E-state index < -0.39 is 12.1 Å². The first kappa shape index (κ1) is 18.9. The summed E-state index contributed by atoms with van der Waals surface area (Å²) in [5.41, 5.74) is 3.86. The lowest BCUT2D eigenvalue weighted by Crippen LogP contribution is -2.22. The second-order valence-corrected chi connectivity index (χ2v) is 7.71. The molecule has 4 rings (SSSR count). The maximum Gasteiger partial charge on any atom is 0.322 e. The van der Waals surface area contributed by atoms with Crippen LogP contribution in [-0.4, -0.2) is 21.9 Å². The molecular weight excluding hydrogens is 386 g/mol. The molecule has 0 aliphatic carbocycles. The first-order chi connectivity index (χ1) is 14.1. The van der Waals surface area contributed by atoms with E-state index in [1.165, 1.54) is 17.3 Å². The minimum absolute atomic E-state index is 0.365. The quantitative estimate of drug-likeness (QED) is 0.544. The van der Waals surface area contributed by atoms with Crippen molar-refractivity contribution < 1.29 is 9.59 Å². The number of benzene rings is 1. The summed E-state index contributed by atoms with van der Waals surface area (Å²) in [5.74, 6) is -0.365. The average molecular weight is 405 g/mol. The monoisotopic (exact) mass is 405 g/mol. The number of rotatable bonds is 6. The van der Waals surface area contributed by atoms with Crippen LogP contribution in [0.3, 0.4) is 0 Å². The van der Waals surface area contributed by atoms with Crippen LogP contribution in [0, 0.1) is 6.92 Å². The summed E-state index contributed by atoms with van der Waals surface area (Å²) in [4.78, 5) is 33.7. The van der Waals surface area contributed by atoms with Crippen molar-refractivity contribution in [1.82, 2.24) is 20.6 Å². The molecule has 8 heteroatoms. The van der Waals surface area contributed by atoms with Crippen molar-refractivity contribution in [2.75, 3.05) is 5.32 Å². The summed E-state index contributed by atoms with van der Waals surface area (Å²) < 4.78 is 0. The third kappa shape index (κ3) is 4.55. The molecule has 3 heterocycles. The second-order valence-electron chi connectivity index (χ2n) is 6.59. The van der Waals surface area contributed by atoms with Gasteiger partial charge in [0, 0.05) is 51.9 Å². The predicted molar refractivity (Wildman–Crippen MR) is 111 cm³/mol. The van der Waals surface area contributed by atoms with E-state index >= 15 is 0 Å². The van der Waals surface area contributed by atoms with Crippen LogP contribution < -0.4 is 16.0 Å². The molecule has 2 aromatic heterocycles. The smallest absolute Gasteiger partial charge is 0.322 e. The largest absolute Gasteiger partial charge is 0.381 e. The minimum Gasteiger partial charge on any atom is -0.381 e. The molecule has 1 fully saturated rings. The molecule has 3 amide bonds. The van der Waals surface area contributed by atoms with E-state index in [1.54, 1.807) is 12.4 Å². The number of pyridine rings is 2. The molecule has 0 saturated carbocycles. The van der Waals surface area contributed by atoms with E-state index in [1.807, 2.05) is 49.5 Å². The molecule has 3 aromatic rings. The fourth-order valence-electron chi connectivity index (χ4n) is 3.03. The Morgan fingerprint density at radius 1 is 1.10 bits per heavy atom. The Morgan fingerprint density at radius 3 is 2.66 bits per heavy atom. The van der Waals surface area contributed by atoms with Crippen molar-refractivity contribution in [1.29, 1.82) is 0 Å². The molecule has 1 aromatic carbocycles. The van der Waals surface area contributed by atoms with Crippen LogP contribution in [0.2, 0.25) is 0 Å². The lowest BCUT2D eigenvalue weighted by molar-refractivity contribution is -0.120. The van der Waals surface area contributed by atoms with Crippen LogP contribution in [0.1, 0.15) is 22.9 Å². The van der Waals surface area contributed by atoms with Gasteiger partial charge in [-0.05, 0) is 55.0 Å². The molecule has 1 unspecified atom stereocenters. The Morgan fingerprint density at radius 2 is 1.93 bits per heavy atom. The molecule has 146 valence electrons. The van der Waals surface area contributed by atoms with Gasteiger partial charge < -0.3 is 10.6 Å². The zero-order chi connectivity index (χ0) is 20.2. The van der Waals surface area contributed by atoms with E-state index in [0.717, 1.165) is 27.7 Å². The van der Waals surface area contributed by atoms with Gasteiger partial charge in [0.15, 0.2) is 0 Å². The number of carbonyl (C=O) groups is 2. The van der Waals surface area contributed by atoms with Gasteiger partial charge in [-0.15, -0.1) is 0 Å². The van der Waals surface area contributed by atoms with Crippen molar-refractivity contribution >= 4 is 29.4 Å². The number of anilines is 1. The molecule has 1 atom stereocenters. The van der Waals surface area contributed by atoms with Gasteiger partial charge in [-0.1, -0.05) is 11.8 Å². The Balaban J connectivity index is 1.44. The van der Waals surface area contributed by atoms with E-state index in [2.05, 4.69) is 32.0 Å². The summed E-state index contributed by atoms with van der Waals surface area (Å²) in [6.45, 7) is 2.70. The van der Waals surface area contributed by atoms with Crippen molar-refractivity contribution in [3.63, 3.8) is 0 Å². The van der Waals surface area contributed by atoms with Crippen molar-refractivity contribution in [3.05, 3.63) is 77.9 Å². The molecule has 0 bridgehead atoms. The topological polar surface area (TPSA) is 96.0 Å². The van der Waals surface area contributed by atoms with Crippen LogP contribution in [-0.2, 0) is 11.3 Å². The summed E-state index contributed by atoms with van der Waals surface area (Å²) in [7, 11) is 0. The molecule has 0 spiro atoms. The molecular formula is C21H19N5O2S. The van der Waals surface area contributed by atoms with Crippen molar-refractivity contribution in [2.45, 2.75) is 29.3 Å². The van der Waals surface area contributed by atoms with E-state index in [-0.39, 0.29) is 5.91 Å². The third-order valence-corrected chi connectivity index (χ3v) is 5.53. The van der Waals surface area contributed by atoms with Gasteiger partial charge in [-0.2, -0.15) is 0 Å². The highest BCUT2D eigenvalue weighted by Gasteiger charge is 2.32. The Kier molecular flexibility index (Phi) is 5.44. The summed E-state index contributed by atoms with van der Waals surface area (Å²) in [5, 5.41) is 8.28. The molecule has 0 radical (unpaired) electrons. The van der Waals surface area contributed by atoms with E-state index in [9.17, 15) is 9.59 Å². The highest BCUT2D eigenvalue weighted by molar-refractivity contribution is 7.99. The molecule has 3 N–H and O–H groups in total. The summed E-state index contributed by atoms with van der Waals surface area (Å²) >= 11 is 1.52. The van der Waals surface area contributed by atoms with Gasteiger partial charge in [0.25, 0.3) is 5.91 Å². The van der Waals surface area contributed by atoms with Crippen LogP contribution in [0.4, 0.5) is 10.5 Å². The van der Waals surface area contributed by atoms with Gasteiger partial charge in [0.2, 0.25) is 0 Å². The maximum atomic E-state index is 12.0. The summed E-state index contributed by atoms with van der Waals surface area (Å²) in [6.07, 6.45) is 5.10. The maximum absolute atomic E-state index is 12.0. The van der Waals surface area contributed by atoms with Gasteiger partial charge >= 0.3 is 6.03 Å². The first-order valence-electron chi connectivity index (χ1n) is 9.07. The van der Waals surface area contributed by atoms with Gasteiger partial charge in [0.05, 0.1) is 0 Å². The predicted octanol–water partition coefficient (Wildman–Crippen LogP) is 3.43. The zero-order valence-electron chi connectivity index (χ0n) is 15.7. The number of carbonyl (C=O) groups excluding carboxylic acids is 2. The Labute approximate surface area is 172 Å². The van der Waals surface area contributed by atoms with Gasteiger partial charge in [0.1, 0.15) is 6.04 Å². The van der Waals surface area contributed by atoms with Crippen molar-refractivity contribution in [2.24, 2.45) is 0 Å². The highest BCUT2D eigenvalue weighted by atomic mass is 32.2. The third-order valence-electron chi connectivity index (χ3n) is 4.44. The molecule has 29 heavy (non-hydrogen) atoms. The van der Waals surface area contributed by atoms with Gasteiger partial charge in [-0.3, -0.25) is 20.1 Å². The van der Waals surface area contributed by atoms with Crippen LogP contribution in [0.15, 0.2) is 70.8 Å². The molecule has 1 saturated heterocycles. The first-order valence-corrected chi connectivity index (χ1v) is 9.89. The van der Waals surface area contributed by atoms with E-state index in [4.69, 9.17) is 0 Å². The second kappa shape index (κ2) is 8.32. The standard InChI is InChI=1S/C21H19N5O2S/c1-13-10-14(6-9-23-13)11-24-15-2-4-16(5-3-15)29-18-7-8-22-12-17(18)19-20(27)26-21(28)25-19/h2-10,12,19,24H,11H2,1H3,(H2,25,26,27,28). The number of nitrogens with one attached hydrogen (secondary N) is 3. The van der Waals surface area contributed by atoms with Crippen LogP contribution >= 0.6 is 11.8 Å². The van der Waals surface area contributed by atoms with Crippen LogP contribution in [0.25, 0.3) is 0 Å². The number of aryl methyl sites for hydroxylation is 1. The molecule has 1 aliphatic rings. The Bertz CT molecular complexity index is 1050. The summed E-state index contributed by atoms with van der Waals surface area (Å²) in [6, 6.07) is 12.7. The molecule has 7 nitrogen and oxygen atoms in total. The number of hydrogen-bond acceptors (Lipinski definition) is 6. The minimum atomic E-state index is -0.719. The lowest BCUT2D eigenvalue weighted by Gasteiger charge is -2.13.